The van der Waals surface area contributed by atoms with Crippen molar-refractivity contribution in [2.75, 3.05) is 5.73 Å². The van der Waals surface area contributed by atoms with Gasteiger partial charge in [-0.3, -0.25) is 0 Å². The molecule has 0 aromatic heterocycles. The second-order valence-electron chi connectivity index (χ2n) is 9.86. The summed E-state index contributed by atoms with van der Waals surface area (Å²) in [5.41, 5.74) is 8.15. The van der Waals surface area contributed by atoms with E-state index in [9.17, 15) is 9.90 Å². The molecule has 194 valence electrons. The number of phenols is 1. The average Bonchev–Trinajstić information content (AvgIpc) is 2.85. The number of hydrogen-bond donors (Lipinski definition) is 2. The first-order chi connectivity index (χ1) is 17.1. The summed E-state index contributed by atoms with van der Waals surface area (Å²) in [7, 11) is 0. The smallest absolute Gasteiger partial charge is 0.343 e. The highest BCUT2D eigenvalue weighted by Gasteiger charge is 2.11. The van der Waals surface area contributed by atoms with Crippen molar-refractivity contribution in [3.8, 4) is 11.5 Å². The molecule has 0 heterocycles. The van der Waals surface area contributed by atoms with Gasteiger partial charge in [-0.1, -0.05) is 109 Å². The van der Waals surface area contributed by atoms with E-state index >= 15 is 0 Å². The standard InChI is InChI=1S/C31H47NO3/c1-2-3-4-5-6-7-8-9-10-11-12-13-14-15-16-17-18-26-19-24-30(29(32)25-26)35-31(34)27-20-22-28(33)23-21-27/h19-25,33H,2-18,32H2,1H3. The molecule has 2 rings (SSSR count). The van der Waals surface area contributed by atoms with Crippen LogP contribution in [0.1, 0.15) is 126 Å². The molecular formula is C31H47NO3. The van der Waals surface area contributed by atoms with Gasteiger partial charge in [-0.25, -0.2) is 4.79 Å². The van der Waals surface area contributed by atoms with Gasteiger partial charge in [-0.05, 0) is 54.8 Å². The maximum atomic E-state index is 12.2. The van der Waals surface area contributed by atoms with Crippen LogP contribution in [0.25, 0.3) is 0 Å². The number of hydrogen-bond acceptors (Lipinski definition) is 4. The Labute approximate surface area is 213 Å². The number of phenolic OH excluding ortho intramolecular Hbond substituents is 1. The number of carbonyl (C=O) groups is 1. The zero-order valence-corrected chi connectivity index (χ0v) is 21.9. The number of unbranched alkanes of at least 4 members (excludes halogenated alkanes) is 15. The molecule has 2 aromatic carbocycles. The topological polar surface area (TPSA) is 72.5 Å². The molecule has 0 fully saturated rings. The molecule has 3 N–H and O–H groups in total. The summed E-state index contributed by atoms with van der Waals surface area (Å²) in [5, 5.41) is 9.34. The number of benzene rings is 2. The number of rotatable bonds is 19. The normalized spacial score (nSPS) is 11.0. The highest BCUT2D eigenvalue weighted by Crippen LogP contribution is 2.25. The van der Waals surface area contributed by atoms with Gasteiger partial charge in [0.05, 0.1) is 11.3 Å². The first kappa shape index (κ1) is 28.7. The molecule has 0 saturated carbocycles. The van der Waals surface area contributed by atoms with Gasteiger partial charge in [0.1, 0.15) is 5.75 Å². The molecule has 0 aliphatic carbocycles. The van der Waals surface area contributed by atoms with Gasteiger partial charge < -0.3 is 15.6 Å². The number of nitrogens with two attached hydrogens (primary N) is 1. The number of carbonyl (C=O) groups excluding carboxylic acids is 1. The van der Waals surface area contributed by atoms with E-state index in [4.69, 9.17) is 10.5 Å². The van der Waals surface area contributed by atoms with Crippen LogP contribution in [0.2, 0.25) is 0 Å². The Morgan fingerprint density at radius 2 is 1.20 bits per heavy atom. The van der Waals surface area contributed by atoms with Crippen LogP contribution in [-0.4, -0.2) is 11.1 Å². The number of aryl methyl sites for hydroxylation is 1. The molecule has 0 aliphatic rings. The molecule has 0 bridgehead atoms. The van der Waals surface area contributed by atoms with Crippen LogP contribution in [0.5, 0.6) is 11.5 Å². The Kier molecular flexibility index (Phi) is 14.7. The molecule has 0 amide bonds. The molecule has 35 heavy (non-hydrogen) atoms. The van der Waals surface area contributed by atoms with Crippen LogP contribution in [0.15, 0.2) is 42.5 Å². The van der Waals surface area contributed by atoms with Crippen molar-refractivity contribution in [3.05, 3.63) is 53.6 Å². The first-order valence-electron chi connectivity index (χ1n) is 14.0. The van der Waals surface area contributed by atoms with Crippen molar-refractivity contribution in [2.24, 2.45) is 0 Å². The molecule has 4 heteroatoms. The minimum Gasteiger partial charge on any atom is -0.508 e. The van der Waals surface area contributed by atoms with Gasteiger partial charge in [-0.15, -0.1) is 0 Å². The minimum atomic E-state index is -0.484. The molecule has 0 atom stereocenters. The van der Waals surface area contributed by atoms with Crippen molar-refractivity contribution in [1.29, 1.82) is 0 Å². The lowest BCUT2D eigenvalue weighted by molar-refractivity contribution is 0.0736. The summed E-state index contributed by atoms with van der Waals surface area (Å²) in [5.74, 6) is 0.000513. The number of ether oxygens (including phenoxy) is 1. The quantitative estimate of drug-likeness (QED) is 0.0908. The molecule has 0 aliphatic heterocycles. The van der Waals surface area contributed by atoms with Crippen molar-refractivity contribution < 1.29 is 14.6 Å². The fourth-order valence-corrected chi connectivity index (χ4v) is 4.48. The van der Waals surface area contributed by atoms with Crippen LogP contribution in [-0.2, 0) is 6.42 Å². The van der Waals surface area contributed by atoms with Crippen molar-refractivity contribution >= 4 is 11.7 Å². The molecular weight excluding hydrogens is 434 g/mol. The van der Waals surface area contributed by atoms with Gasteiger partial charge in [0.15, 0.2) is 5.75 Å². The van der Waals surface area contributed by atoms with Crippen LogP contribution in [0.4, 0.5) is 5.69 Å². The summed E-state index contributed by atoms with van der Waals surface area (Å²) in [4.78, 5) is 12.2. The number of aromatic hydroxyl groups is 1. The Bertz CT molecular complexity index is 832. The van der Waals surface area contributed by atoms with Gasteiger partial charge in [0.25, 0.3) is 0 Å². The van der Waals surface area contributed by atoms with E-state index in [2.05, 4.69) is 6.92 Å². The Morgan fingerprint density at radius 1 is 0.714 bits per heavy atom. The SMILES string of the molecule is CCCCCCCCCCCCCCCCCCc1ccc(OC(=O)c2ccc(O)cc2)c(N)c1. The Balaban J connectivity index is 1.48. The van der Waals surface area contributed by atoms with Gasteiger partial charge in [0.2, 0.25) is 0 Å². The highest BCUT2D eigenvalue weighted by molar-refractivity contribution is 5.91. The molecule has 2 aromatic rings. The van der Waals surface area contributed by atoms with E-state index < -0.39 is 5.97 Å². The maximum Gasteiger partial charge on any atom is 0.343 e. The molecule has 0 spiro atoms. The highest BCUT2D eigenvalue weighted by atomic mass is 16.5. The largest absolute Gasteiger partial charge is 0.508 e. The minimum absolute atomic E-state index is 0.111. The summed E-state index contributed by atoms with van der Waals surface area (Å²) in [6, 6.07) is 11.6. The lowest BCUT2D eigenvalue weighted by atomic mass is 10.0. The van der Waals surface area contributed by atoms with Crippen LogP contribution in [0.3, 0.4) is 0 Å². The van der Waals surface area contributed by atoms with Crippen molar-refractivity contribution in [2.45, 2.75) is 116 Å². The van der Waals surface area contributed by atoms with E-state index in [0.29, 0.717) is 17.0 Å². The third kappa shape index (κ3) is 12.7. The third-order valence-corrected chi connectivity index (χ3v) is 6.70. The van der Waals surface area contributed by atoms with E-state index in [-0.39, 0.29) is 5.75 Å². The van der Waals surface area contributed by atoms with Gasteiger partial charge in [-0.2, -0.15) is 0 Å². The van der Waals surface area contributed by atoms with Crippen molar-refractivity contribution in [1.82, 2.24) is 0 Å². The van der Waals surface area contributed by atoms with Crippen LogP contribution < -0.4 is 10.5 Å². The molecule has 0 radical (unpaired) electrons. The maximum absolute atomic E-state index is 12.2. The first-order valence-corrected chi connectivity index (χ1v) is 14.0. The lowest BCUT2D eigenvalue weighted by Crippen LogP contribution is -2.09. The van der Waals surface area contributed by atoms with Crippen LogP contribution >= 0.6 is 0 Å². The van der Waals surface area contributed by atoms with Gasteiger partial charge >= 0.3 is 5.97 Å². The Hall–Kier alpha value is -2.49. The lowest BCUT2D eigenvalue weighted by Gasteiger charge is -2.09. The van der Waals surface area contributed by atoms with Gasteiger partial charge in [0, 0.05) is 0 Å². The second kappa shape index (κ2) is 17.9. The summed E-state index contributed by atoms with van der Waals surface area (Å²) >= 11 is 0. The van der Waals surface area contributed by atoms with E-state index in [0.717, 1.165) is 12.8 Å². The molecule has 4 nitrogen and oxygen atoms in total. The predicted octanol–water partition coefficient (Wildman–Crippen LogP) is 9.00. The Morgan fingerprint density at radius 3 is 1.69 bits per heavy atom. The van der Waals surface area contributed by atoms with Crippen LogP contribution in [0, 0.1) is 0 Å². The zero-order valence-electron chi connectivity index (χ0n) is 21.9. The van der Waals surface area contributed by atoms with Crippen molar-refractivity contribution in [3.63, 3.8) is 0 Å². The summed E-state index contributed by atoms with van der Waals surface area (Å²) in [6.07, 6.45) is 22.9. The number of anilines is 1. The van der Waals surface area contributed by atoms with E-state index in [1.54, 1.807) is 6.07 Å². The van der Waals surface area contributed by atoms with E-state index in [1.165, 1.54) is 126 Å². The zero-order chi connectivity index (χ0) is 25.1. The monoisotopic (exact) mass is 481 g/mol. The summed E-state index contributed by atoms with van der Waals surface area (Å²) < 4.78 is 5.42. The van der Waals surface area contributed by atoms with E-state index in [1.807, 2.05) is 12.1 Å². The molecule has 0 saturated heterocycles. The fourth-order valence-electron chi connectivity index (χ4n) is 4.48. The predicted molar refractivity (Wildman–Crippen MR) is 147 cm³/mol. The average molecular weight is 482 g/mol. The molecule has 0 unspecified atom stereocenters. The number of nitrogen functional groups attached to an aromatic ring is 1. The summed E-state index contributed by atoms with van der Waals surface area (Å²) in [6.45, 7) is 2.28. The fraction of sp³-hybridized carbons (Fsp3) is 0.581. The number of esters is 1. The third-order valence-electron chi connectivity index (χ3n) is 6.70. The second-order valence-corrected chi connectivity index (χ2v) is 9.86.